The summed E-state index contributed by atoms with van der Waals surface area (Å²) in [5.41, 5.74) is 0. The van der Waals surface area contributed by atoms with Crippen molar-refractivity contribution in [3.63, 3.8) is 0 Å². The standard InChI is InChI=1S/C86H168O17P2/c1-9-77(6)63-55-47-39-33-29-25-21-17-13-15-18-22-26-30-34-41-50-58-66-83(88)96-72-81(103-86(91)69-61-53-43-37-36-40-48-56-64-78(7)10-2)74-100-104(92,93)98-70-80(87)71-99-105(94,95)101-75-82(73-97-84(89)67-59-51-45-44-49-57-65-79(8)11-3)102-85(90)68-60-52-42-35-31-27-23-19-14-12-16-20-24-28-32-38-46-54-62-76(4)5/h76-82,87H,9-75H2,1-8H3,(H,92,93)(H,94,95)/t77?,78?,79?,80-,81-,82-/m1/s1. The van der Waals surface area contributed by atoms with Crippen molar-refractivity contribution >= 4 is 39.5 Å². The predicted molar refractivity (Wildman–Crippen MR) is 432 cm³/mol. The summed E-state index contributed by atoms with van der Waals surface area (Å²) < 4.78 is 68.8. The third-order valence-corrected chi connectivity index (χ3v) is 23.1. The van der Waals surface area contributed by atoms with E-state index in [1.807, 2.05) is 0 Å². The van der Waals surface area contributed by atoms with Gasteiger partial charge < -0.3 is 33.8 Å². The number of hydrogen-bond acceptors (Lipinski definition) is 15. The summed E-state index contributed by atoms with van der Waals surface area (Å²) in [7, 11) is -9.93. The van der Waals surface area contributed by atoms with Crippen LogP contribution in [0.4, 0.5) is 0 Å². The average molecular weight is 1540 g/mol. The van der Waals surface area contributed by atoms with Crippen molar-refractivity contribution in [1.82, 2.24) is 0 Å². The minimum atomic E-state index is -4.96. The van der Waals surface area contributed by atoms with E-state index in [0.717, 1.165) is 120 Å². The third-order valence-electron chi connectivity index (χ3n) is 21.2. The predicted octanol–water partition coefficient (Wildman–Crippen LogP) is 25.9. The molecule has 0 saturated heterocycles. The van der Waals surface area contributed by atoms with E-state index >= 15 is 0 Å². The summed E-state index contributed by atoms with van der Waals surface area (Å²) in [6.07, 6.45) is 64.0. The lowest BCUT2D eigenvalue weighted by molar-refractivity contribution is -0.161. The minimum absolute atomic E-state index is 0.105. The molecule has 105 heavy (non-hydrogen) atoms. The number of aliphatic hydroxyl groups excluding tert-OH is 1. The van der Waals surface area contributed by atoms with Crippen LogP contribution in [0.1, 0.15) is 447 Å². The Hall–Kier alpha value is -1.94. The van der Waals surface area contributed by atoms with Crippen LogP contribution in [0.15, 0.2) is 0 Å². The normalized spacial score (nSPS) is 14.7. The Kier molecular flexibility index (Phi) is 73.4. The number of hydrogen-bond donors (Lipinski definition) is 3. The molecule has 3 N–H and O–H groups in total. The van der Waals surface area contributed by atoms with Crippen LogP contribution in [-0.2, 0) is 65.4 Å². The van der Waals surface area contributed by atoms with E-state index in [4.69, 9.17) is 37.0 Å². The van der Waals surface area contributed by atoms with Gasteiger partial charge in [0.15, 0.2) is 12.2 Å². The maximum absolute atomic E-state index is 13.1. The van der Waals surface area contributed by atoms with Gasteiger partial charge in [0.25, 0.3) is 0 Å². The first-order valence-electron chi connectivity index (χ1n) is 44.3. The number of carbonyl (C=O) groups excluding carboxylic acids is 4. The second-order valence-corrected chi connectivity index (χ2v) is 35.0. The van der Waals surface area contributed by atoms with Crippen LogP contribution in [-0.4, -0.2) is 96.7 Å². The summed E-state index contributed by atoms with van der Waals surface area (Å²) in [4.78, 5) is 73.1. The monoisotopic (exact) mass is 1540 g/mol. The summed E-state index contributed by atoms with van der Waals surface area (Å²) in [5.74, 6) is 1.08. The van der Waals surface area contributed by atoms with Gasteiger partial charge in [-0.3, -0.25) is 37.3 Å². The third kappa shape index (κ3) is 75.9. The van der Waals surface area contributed by atoms with Crippen molar-refractivity contribution in [3.8, 4) is 0 Å². The number of esters is 4. The fourth-order valence-electron chi connectivity index (χ4n) is 13.2. The molecule has 0 aromatic carbocycles. The van der Waals surface area contributed by atoms with Crippen molar-refractivity contribution < 1.29 is 80.2 Å². The van der Waals surface area contributed by atoms with E-state index in [2.05, 4.69) is 55.4 Å². The van der Waals surface area contributed by atoms with Crippen LogP contribution >= 0.6 is 15.6 Å². The molecule has 5 unspecified atom stereocenters. The Bertz CT molecular complexity index is 2050. The highest BCUT2D eigenvalue weighted by atomic mass is 31.2. The van der Waals surface area contributed by atoms with Crippen LogP contribution in [0, 0.1) is 23.7 Å². The molecule has 0 heterocycles. The highest BCUT2D eigenvalue weighted by Gasteiger charge is 2.31. The van der Waals surface area contributed by atoms with Gasteiger partial charge >= 0.3 is 39.5 Å². The lowest BCUT2D eigenvalue weighted by Crippen LogP contribution is -2.30. The van der Waals surface area contributed by atoms with Crippen molar-refractivity contribution in [2.75, 3.05) is 39.6 Å². The Balaban J connectivity index is 5.15. The molecule has 0 radical (unpaired) electrons. The Morgan fingerprint density at radius 2 is 0.457 bits per heavy atom. The highest BCUT2D eigenvalue weighted by Crippen LogP contribution is 2.45. The van der Waals surface area contributed by atoms with Gasteiger partial charge in [0, 0.05) is 25.7 Å². The summed E-state index contributed by atoms with van der Waals surface area (Å²) >= 11 is 0. The van der Waals surface area contributed by atoms with Crippen LogP contribution in [0.25, 0.3) is 0 Å². The number of ether oxygens (including phenoxy) is 4. The largest absolute Gasteiger partial charge is 0.472 e. The van der Waals surface area contributed by atoms with Crippen molar-refractivity contribution in [1.29, 1.82) is 0 Å². The molecule has 0 aromatic heterocycles. The van der Waals surface area contributed by atoms with E-state index in [1.54, 1.807) is 0 Å². The number of phosphoric ester groups is 2. The quantitative estimate of drug-likeness (QED) is 0.0222. The summed E-state index contributed by atoms with van der Waals surface area (Å²) in [6, 6.07) is 0. The van der Waals surface area contributed by atoms with Gasteiger partial charge in [0.2, 0.25) is 0 Å². The molecule has 0 aliphatic rings. The van der Waals surface area contributed by atoms with E-state index in [0.29, 0.717) is 25.7 Å². The Morgan fingerprint density at radius 1 is 0.267 bits per heavy atom. The zero-order valence-corrected chi connectivity index (χ0v) is 71.2. The minimum Gasteiger partial charge on any atom is -0.462 e. The van der Waals surface area contributed by atoms with Crippen LogP contribution < -0.4 is 0 Å². The first kappa shape index (κ1) is 103. The molecule has 0 saturated carbocycles. The van der Waals surface area contributed by atoms with E-state index in [-0.39, 0.29) is 25.7 Å². The van der Waals surface area contributed by atoms with Gasteiger partial charge in [0.05, 0.1) is 26.4 Å². The topological polar surface area (TPSA) is 237 Å². The number of unbranched alkanes of at least 4 members (excludes halogenated alkanes) is 46. The average Bonchev–Trinajstić information content (AvgIpc) is 0.919. The van der Waals surface area contributed by atoms with Gasteiger partial charge in [-0.15, -0.1) is 0 Å². The van der Waals surface area contributed by atoms with Crippen molar-refractivity contribution in [2.24, 2.45) is 23.7 Å². The lowest BCUT2D eigenvalue weighted by atomic mass is 9.99. The van der Waals surface area contributed by atoms with Gasteiger partial charge in [-0.05, 0) is 49.4 Å². The molecule has 17 nitrogen and oxygen atoms in total. The van der Waals surface area contributed by atoms with Gasteiger partial charge in [-0.25, -0.2) is 9.13 Å². The molecule has 624 valence electrons. The van der Waals surface area contributed by atoms with Gasteiger partial charge in [-0.1, -0.05) is 396 Å². The first-order chi connectivity index (χ1) is 50.7. The maximum Gasteiger partial charge on any atom is 0.472 e. The molecule has 0 aromatic rings. The molecule has 0 fully saturated rings. The molecule has 0 aliphatic carbocycles. The number of aliphatic hydroxyl groups is 1. The van der Waals surface area contributed by atoms with Gasteiger partial charge in [-0.2, -0.15) is 0 Å². The zero-order valence-electron chi connectivity index (χ0n) is 69.4. The highest BCUT2D eigenvalue weighted by molar-refractivity contribution is 7.47. The maximum atomic E-state index is 13.1. The van der Waals surface area contributed by atoms with Crippen LogP contribution in [0.5, 0.6) is 0 Å². The summed E-state index contributed by atoms with van der Waals surface area (Å²) in [5, 5.41) is 10.7. The lowest BCUT2D eigenvalue weighted by Gasteiger charge is -2.21. The fraction of sp³-hybridized carbons (Fsp3) is 0.953. The molecule has 19 heteroatoms. The molecule has 0 amide bonds. The number of rotatable bonds is 83. The SMILES string of the molecule is CCC(C)CCCCCCCCCCCCCCCCCCCCC(=O)OC[C@H](COP(=O)(O)OC[C@@H](O)COP(=O)(O)OC[C@@H](COC(=O)CCCCCCCCC(C)CC)OC(=O)CCCCCCCCCCCCCCCCCCCCC(C)C)OC(=O)CCCCCCCCCCC(C)CC. The van der Waals surface area contributed by atoms with E-state index in [1.165, 1.54) is 244 Å². The summed E-state index contributed by atoms with van der Waals surface area (Å²) in [6.45, 7) is 14.3. The smallest absolute Gasteiger partial charge is 0.462 e. The fourth-order valence-corrected chi connectivity index (χ4v) is 14.8. The van der Waals surface area contributed by atoms with Crippen molar-refractivity contribution in [2.45, 2.75) is 465 Å². The van der Waals surface area contributed by atoms with Crippen molar-refractivity contribution in [3.05, 3.63) is 0 Å². The Morgan fingerprint density at radius 3 is 0.676 bits per heavy atom. The zero-order chi connectivity index (χ0) is 77.4. The molecule has 8 atom stereocenters. The molecular formula is C86H168O17P2. The van der Waals surface area contributed by atoms with Gasteiger partial charge in [0.1, 0.15) is 19.3 Å². The van der Waals surface area contributed by atoms with E-state index in [9.17, 15) is 43.2 Å². The molecule has 0 rings (SSSR count). The molecule has 0 spiro atoms. The molecular weight excluding hydrogens is 1370 g/mol. The second kappa shape index (κ2) is 74.8. The number of phosphoric acid groups is 2. The van der Waals surface area contributed by atoms with E-state index < -0.39 is 97.5 Å². The van der Waals surface area contributed by atoms with Crippen LogP contribution in [0.2, 0.25) is 0 Å². The number of carbonyl (C=O) groups is 4. The molecule has 0 aliphatic heterocycles. The first-order valence-corrected chi connectivity index (χ1v) is 47.3. The van der Waals surface area contributed by atoms with Crippen LogP contribution in [0.3, 0.4) is 0 Å². The Labute approximate surface area is 645 Å². The second-order valence-electron chi connectivity index (χ2n) is 32.1. The molecule has 0 bridgehead atoms.